The largest absolute Gasteiger partial charge is 0.491 e. The van der Waals surface area contributed by atoms with Crippen molar-refractivity contribution in [2.24, 2.45) is 0 Å². The molecule has 3 heterocycles. The summed E-state index contributed by atoms with van der Waals surface area (Å²) in [6.45, 7) is 10.9. The maximum atomic E-state index is 13.6. The van der Waals surface area contributed by atoms with Crippen LogP contribution in [0.15, 0.2) is 83.8 Å². The number of hydrogen-bond donors (Lipinski definition) is 1. The molecule has 0 spiro atoms. The number of hydrogen-bond acceptors (Lipinski definition) is 7. The topological polar surface area (TPSA) is 98.6 Å². The number of aromatic nitrogens is 3. The van der Waals surface area contributed by atoms with Crippen molar-refractivity contribution in [3.8, 4) is 16.9 Å². The van der Waals surface area contributed by atoms with E-state index < -0.39 is 10.8 Å². The average Bonchev–Trinajstić information content (AvgIpc) is 3.54. The maximum Gasteiger partial charge on any atom is 0.251 e. The normalized spacial score (nSPS) is 13.6. The van der Waals surface area contributed by atoms with Gasteiger partial charge in [0.25, 0.3) is 5.91 Å². The Balaban J connectivity index is 1.28. The first kappa shape index (κ1) is 36.0. The molecule has 5 rings (SSSR count). The predicted molar refractivity (Wildman–Crippen MR) is 198 cm³/mol. The highest BCUT2D eigenvalue weighted by molar-refractivity contribution is 7.84. The van der Waals surface area contributed by atoms with Crippen LogP contribution in [0.25, 0.3) is 17.2 Å². The molecule has 4 aromatic rings. The average molecular weight is 684 g/mol. The molecule has 1 amide bonds. The first-order chi connectivity index (χ1) is 24.0. The number of benzene rings is 2. The number of nitrogens with one attached hydrogen (secondary N) is 1. The Morgan fingerprint density at radius 2 is 1.71 bits per heavy atom. The lowest BCUT2D eigenvalue weighted by atomic mass is 9.99. The molecule has 1 aliphatic rings. The molecule has 0 saturated heterocycles. The summed E-state index contributed by atoms with van der Waals surface area (Å²) in [5.41, 5.74) is 5.25. The van der Waals surface area contributed by atoms with Crippen LogP contribution in [0.2, 0.25) is 0 Å². The molecule has 0 fully saturated rings. The van der Waals surface area contributed by atoms with Crippen LogP contribution < -0.4 is 15.0 Å². The lowest BCUT2D eigenvalue weighted by molar-refractivity contribution is -0.112. The fraction of sp³-hybridized carbons (Fsp3) is 0.410. The van der Waals surface area contributed by atoms with E-state index in [-0.39, 0.29) is 5.91 Å². The zero-order chi connectivity index (χ0) is 34.4. The van der Waals surface area contributed by atoms with Crippen LogP contribution in [0.4, 0.5) is 11.5 Å². The van der Waals surface area contributed by atoms with Gasteiger partial charge in [0.1, 0.15) is 18.2 Å². The van der Waals surface area contributed by atoms with E-state index in [1.807, 2.05) is 65.4 Å². The third-order valence-corrected chi connectivity index (χ3v) is 9.78. The minimum atomic E-state index is -1.22. The van der Waals surface area contributed by atoms with Crippen molar-refractivity contribution >= 4 is 34.3 Å². The van der Waals surface area contributed by atoms with Crippen LogP contribution in [0.5, 0.6) is 5.75 Å². The zero-order valence-electron chi connectivity index (χ0n) is 29.0. The van der Waals surface area contributed by atoms with Crippen LogP contribution in [-0.2, 0) is 32.6 Å². The Kier molecular flexibility index (Phi) is 13.6. The standard InChI is InChI=1S/C39H49N5O4S/c1-4-7-21-47-22-23-48-36-14-10-30(11-15-36)33-25-32-24-31(9-8-20-43(18-5-2)38(32)41-26-33)39(45)42-34-12-16-37(17-13-34)49(46)28-35-27-40-29-44(35)19-6-3/h10-17,24-27,29H,4-9,18-23,28H2,1-3H3,(H,42,45)/t49-/m0/s1. The van der Waals surface area contributed by atoms with Gasteiger partial charge in [-0.3, -0.25) is 9.00 Å². The summed E-state index contributed by atoms with van der Waals surface area (Å²) < 4.78 is 26.6. The number of nitrogens with zero attached hydrogens (tertiary/aromatic N) is 4. The number of ether oxygens (including phenoxy) is 2. The second-order valence-electron chi connectivity index (χ2n) is 12.3. The van der Waals surface area contributed by atoms with E-state index in [0.29, 0.717) is 41.5 Å². The van der Waals surface area contributed by atoms with Gasteiger partial charge >= 0.3 is 0 Å². The van der Waals surface area contributed by atoms with Gasteiger partial charge in [-0.05, 0) is 86.2 Å². The number of amides is 1. The number of carbonyl (C=O) groups is 1. The highest BCUT2D eigenvalue weighted by atomic mass is 32.2. The van der Waals surface area contributed by atoms with Gasteiger partial charge in [-0.2, -0.15) is 0 Å². The SMILES string of the molecule is CCCCOCCOc1ccc(-c2cnc3c(c2)C=C(C(=O)Nc2ccc([S@@](=O)Cc4cncn4CCC)cc2)CCCN3CCC)cc1. The van der Waals surface area contributed by atoms with Crippen molar-refractivity contribution in [2.45, 2.75) is 76.5 Å². The number of fused-ring (bicyclic) bond motifs is 1. The fourth-order valence-corrected chi connectivity index (χ4v) is 6.95. The van der Waals surface area contributed by atoms with Gasteiger partial charge in [-0.1, -0.05) is 39.3 Å². The first-order valence-corrected chi connectivity index (χ1v) is 18.9. The van der Waals surface area contributed by atoms with E-state index in [1.54, 1.807) is 12.5 Å². The summed E-state index contributed by atoms with van der Waals surface area (Å²) in [7, 11) is -1.22. The van der Waals surface area contributed by atoms with Crippen molar-refractivity contribution < 1.29 is 18.5 Å². The van der Waals surface area contributed by atoms with E-state index in [1.165, 1.54) is 0 Å². The van der Waals surface area contributed by atoms with Crippen LogP contribution in [0.1, 0.15) is 70.6 Å². The monoisotopic (exact) mass is 683 g/mol. The van der Waals surface area contributed by atoms with Crippen molar-refractivity contribution in [2.75, 3.05) is 43.1 Å². The van der Waals surface area contributed by atoms with E-state index in [4.69, 9.17) is 14.5 Å². The molecule has 9 nitrogen and oxygen atoms in total. The van der Waals surface area contributed by atoms with Gasteiger partial charge in [0.15, 0.2) is 0 Å². The van der Waals surface area contributed by atoms with Crippen LogP contribution in [-0.4, -0.2) is 57.6 Å². The third kappa shape index (κ3) is 10.1. The molecule has 0 aliphatic carbocycles. The second-order valence-corrected chi connectivity index (χ2v) is 13.7. The Morgan fingerprint density at radius 1 is 0.918 bits per heavy atom. The van der Waals surface area contributed by atoms with Crippen LogP contribution in [0, 0.1) is 0 Å². The van der Waals surface area contributed by atoms with E-state index in [0.717, 1.165) is 92.3 Å². The molecular weight excluding hydrogens is 635 g/mol. The third-order valence-electron chi connectivity index (χ3n) is 8.43. The number of unbranched alkanes of at least 4 members (excludes halogenated alkanes) is 1. The van der Waals surface area contributed by atoms with Gasteiger partial charge in [0.05, 0.1) is 35.2 Å². The number of pyridine rings is 1. The lowest BCUT2D eigenvalue weighted by Crippen LogP contribution is -2.28. The zero-order valence-corrected chi connectivity index (χ0v) is 29.8. The second kappa shape index (κ2) is 18.5. The molecule has 2 aromatic heterocycles. The van der Waals surface area contributed by atoms with Gasteiger partial charge in [0, 0.05) is 65.9 Å². The molecule has 260 valence electrons. The number of rotatable bonds is 17. The van der Waals surface area contributed by atoms with Crippen molar-refractivity contribution in [3.63, 3.8) is 0 Å². The highest BCUT2D eigenvalue weighted by Gasteiger charge is 2.20. The number of aryl methyl sites for hydroxylation is 1. The predicted octanol–water partition coefficient (Wildman–Crippen LogP) is 7.89. The number of imidazole rings is 1. The highest BCUT2D eigenvalue weighted by Crippen LogP contribution is 2.31. The minimum absolute atomic E-state index is 0.141. The Hall–Kier alpha value is -4.28. The number of carbonyl (C=O) groups excluding carboxylic acids is 1. The summed E-state index contributed by atoms with van der Waals surface area (Å²) in [5, 5.41) is 3.07. The van der Waals surface area contributed by atoms with Crippen molar-refractivity contribution in [1.29, 1.82) is 0 Å². The molecule has 0 unspecified atom stereocenters. The Labute approximate surface area is 293 Å². The molecule has 49 heavy (non-hydrogen) atoms. The molecule has 10 heteroatoms. The molecule has 0 bridgehead atoms. The Bertz CT molecular complexity index is 1700. The molecule has 0 radical (unpaired) electrons. The molecule has 0 saturated carbocycles. The molecule has 1 N–H and O–H groups in total. The van der Waals surface area contributed by atoms with Gasteiger partial charge in [-0.15, -0.1) is 0 Å². The number of anilines is 2. The van der Waals surface area contributed by atoms with Gasteiger partial charge < -0.3 is 24.3 Å². The smallest absolute Gasteiger partial charge is 0.251 e. The van der Waals surface area contributed by atoms with Gasteiger partial charge in [-0.25, -0.2) is 9.97 Å². The van der Waals surface area contributed by atoms with Crippen LogP contribution >= 0.6 is 0 Å². The van der Waals surface area contributed by atoms with E-state index in [2.05, 4.69) is 42.0 Å². The Morgan fingerprint density at radius 3 is 2.47 bits per heavy atom. The summed E-state index contributed by atoms with van der Waals surface area (Å²) in [6, 6.07) is 17.4. The molecule has 1 atom stereocenters. The van der Waals surface area contributed by atoms with Crippen LogP contribution in [0.3, 0.4) is 0 Å². The minimum Gasteiger partial charge on any atom is -0.491 e. The summed E-state index contributed by atoms with van der Waals surface area (Å²) in [4.78, 5) is 25.8. The van der Waals surface area contributed by atoms with Gasteiger partial charge in [0.2, 0.25) is 0 Å². The summed E-state index contributed by atoms with van der Waals surface area (Å²) in [6.07, 6.45) is 13.1. The first-order valence-electron chi connectivity index (χ1n) is 17.5. The quantitative estimate of drug-likeness (QED) is 0.113. The van der Waals surface area contributed by atoms with E-state index >= 15 is 0 Å². The van der Waals surface area contributed by atoms with Crippen molar-refractivity contribution in [3.05, 3.63) is 90.1 Å². The van der Waals surface area contributed by atoms with Crippen molar-refractivity contribution in [1.82, 2.24) is 14.5 Å². The summed E-state index contributed by atoms with van der Waals surface area (Å²) in [5.74, 6) is 1.95. The fourth-order valence-electron chi connectivity index (χ4n) is 5.84. The maximum absolute atomic E-state index is 13.6. The molecule has 1 aliphatic heterocycles. The summed E-state index contributed by atoms with van der Waals surface area (Å²) >= 11 is 0. The van der Waals surface area contributed by atoms with E-state index in [9.17, 15) is 9.00 Å². The molecular formula is C39H49N5O4S. The lowest BCUT2D eigenvalue weighted by Gasteiger charge is -2.27. The molecule has 2 aromatic carbocycles.